The van der Waals surface area contributed by atoms with Crippen LogP contribution >= 0.6 is 23.2 Å². The van der Waals surface area contributed by atoms with E-state index >= 15 is 0 Å². The van der Waals surface area contributed by atoms with Crippen molar-refractivity contribution < 1.29 is 34.4 Å². The van der Waals surface area contributed by atoms with Crippen molar-refractivity contribution in [2.45, 2.75) is 6.92 Å². The summed E-state index contributed by atoms with van der Waals surface area (Å²) in [5.41, 5.74) is 0.504. The van der Waals surface area contributed by atoms with Crippen LogP contribution in [0.2, 0.25) is 10.0 Å². The van der Waals surface area contributed by atoms with Crippen molar-refractivity contribution in [3.8, 4) is 0 Å². The van der Waals surface area contributed by atoms with Gasteiger partial charge < -0.3 is 0 Å². The van der Waals surface area contributed by atoms with E-state index in [2.05, 4.69) is 5.10 Å². The monoisotopic (exact) mass is 307 g/mol. The third-order valence-corrected chi connectivity index (χ3v) is 3.18. The van der Waals surface area contributed by atoms with E-state index < -0.39 is 5.78 Å². The fraction of sp³-hybridized carbons (Fsp3) is 0.167. The molecule has 0 atom stereocenters. The van der Waals surface area contributed by atoms with Crippen molar-refractivity contribution in [3.05, 3.63) is 55.4 Å². The van der Waals surface area contributed by atoms with E-state index in [1.165, 1.54) is 16.8 Å². The number of aryl methyl sites for hydroxylation is 2. The zero-order valence-corrected chi connectivity index (χ0v) is 14.3. The fourth-order valence-electron chi connectivity index (χ4n) is 1.76. The molecule has 1 aromatic carbocycles. The number of halogens is 2. The van der Waals surface area contributed by atoms with E-state index in [9.17, 15) is 9.59 Å². The number of carbonyl (C=O) groups excluding carboxylic acids is 1. The van der Waals surface area contributed by atoms with E-state index in [4.69, 9.17) is 23.2 Å². The van der Waals surface area contributed by atoms with E-state index in [1.54, 1.807) is 20.0 Å². The first kappa shape index (κ1) is 16.5. The van der Waals surface area contributed by atoms with Crippen molar-refractivity contribution in [1.82, 2.24) is 9.78 Å². The van der Waals surface area contributed by atoms with Crippen molar-refractivity contribution in [2.24, 2.45) is 7.05 Å². The average Bonchev–Trinajstić information content (AvgIpc) is 2.52. The molecule has 0 bridgehead atoms. The minimum Gasteiger partial charge on any atom is -0.299 e. The van der Waals surface area contributed by atoms with Gasteiger partial charge in [0.2, 0.25) is 5.78 Å². The van der Waals surface area contributed by atoms with Gasteiger partial charge in [-0.2, -0.15) is 0 Å². The largest absolute Gasteiger partial charge is 1.00 e. The standard InChI is InChI=1S/C12H10Cl2N2O2.Na/c1-6-10(12(18)16(2)15-6)11(17)8-4-3-7(13)5-9(8)14;/h3-5,15H,1-2H3;/q;+1. The van der Waals surface area contributed by atoms with Crippen LogP contribution in [0, 0.1) is 6.92 Å². The second-order valence-electron chi connectivity index (χ2n) is 3.93. The molecule has 1 N–H and O–H groups in total. The second-order valence-corrected chi connectivity index (χ2v) is 4.77. The van der Waals surface area contributed by atoms with Crippen LogP contribution < -0.4 is 35.1 Å². The van der Waals surface area contributed by atoms with Gasteiger partial charge in [0.1, 0.15) is 5.56 Å². The van der Waals surface area contributed by atoms with Gasteiger partial charge in [-0.05, 0) is 25.1 Å². The molecule has 0 unspecified atom stereocenters. The number of benzene rings is 1. The number of H-pyrrole nitrogens is 1. The number of hydrogen-bond acceptors (Lipinski definition) is 2. The van der Waals surface area contributed by atoms with E-state index in [1.807, 2.05) is 0 Å². The molecular weight excluding hydrogens is 298 g/mol. The molecule has 0 radical (unpaired) electrons. The summed E-state index contributed by atoms with van der Waals surface area (Å²) in [6.45, 7) is 1.67. The summed E-state index contributed by atoms with van der Waals surface area (Å²) in [4.78, 5) is 24.1. The Morgan fingerprint density at radius 3 is 2.42 bits per heavy atom. The molecule has 0 fully saturated rings. The third-order valence-electron chi connectivity index (χ3n) is 2.63. The molecule has 7 heteroatoms. The maximum absolute atomic E-state index is 12.3. The molecule has 2 rings (SSSR count). The first-order chi connectivity index (χ1) is 8.41. The van der Waals surface area contributed by atoms with Crippen LogP contribution in [-0.4, -0.2) is 15.6 Å². The van der Waals surface area contributed by atoms with Crippen LogP contribution in [0.3, 0.4) is 0 Å². The molecule has 0 aliphatic carbocycles. The van der Waals surface area contributed by atoms with Crippen LogP contribution in [-0.2, 0) is 7.05 Å². The van der Waals surface area contributed by atoms with Gasteiger partial charge in [0.25, 0.3) is 5.56 Å². The van der Waals surface area contributed by atoms with Crippen molar-refractivity contribution in [1.29, 1.82) is 0 Å². The Kier molecular flexibility index (Phi) is 5.47. The number of ketones is 1. The minimum atomic E-state index is -0.406. The van der Waals surface area contributed by atoms with Gasteiger partial charge >= 0.3 is 29.6 Å². The van der Waals surface area contributed by atoms with Crippen molar-refractivity contribution in [3.63, 3.8) is 0 Å². The van der Waals surface area contributed by atoms with Gasteiger partial charge in [0.15, 0.2) is 0 Å². The predicted molar refractivity (Wildman–Crippen MR) is 70.7 cm³/mol. The normalized spacial score (nSPS) is 10.1. The average molecular weight is 308 g/mol. The van der Waals surface area contributed by atoms with Gasteiger partial charge in [-0.15, -0.1) is 0 Å². The van der Waals surface area contributed by atoms with Crippen LogP contribution in [0.15, 0.2) is 23.0 Å². The van der Waals surface area contributed by atoms with Gasteiger partial charge in [-0.3, -0.25) is 19.4 Å². The molecule has 0 aliphatic rings. The summed E-state index contributed by atoms with van der Waals surface area (Å²) in [5, 5.41) is 3.44. The second kappa shape index (κ2) is 6.29. The Balaban J connectivity index is 0.00000180. The first-order valence-electron chi connectivity index (χ1n) is 5.17. The van der Waals surface area contributed by atoms with Gasteiger partial charge in [-0.1, -0.05) is 23.2 Å². The van der Waals surface area contributed by atoms with Crippen molar-refractivity contribution in [2.75, 3.05) is 0 Å². The molecule has 4 nitrogen and oxygen atoms in total. The van der Waals surface area contributed by atoms with E-state index in [-0.39, 0.29) is 51.3 Å². The van der Waals surface area contributed by atoms with Gasteiger partial charge in [0.05, 0.1) is 5.02 Å². The summed E-state index contributed by atoms with van der Waals surface area (Å²) in [5.74, 6) is -0.406. The number of nitrogens with one attached hydrogen (secondary N) is 1. The quantitative estimate of drug-likeness (QED) is 0.604. The maximum Gasteiger partial charge on any atom is 1.00 e. The molecule has 19 heavy (non-hydrogen) atoms. The van der Waals surface area contributed by atoms with Gasteiger partial charge in [-0.25, -0.2) is 0 Å². The molecule has 0 saturated carbocycles. The first-order valence-corrected chi connectivity index (χ1v) is 5.92. The Morgan fingerprint density at radius 2 is 1.95 bits per heavy atom. The van der Waals surface area contributed by atoms with Crippen LogP contribution in [0.1, 0.15) is 21.6 Å². The third kappa shape index (κ3) is 3.15. The number of nitrogens with zero attached hydrogens (tertiary/aromatic N) is 1. The zero-order chi connectivity index (χ0) is 13.4. The van der Waals surface area contributed by atoms with E-state index in [0.29, 0.717) is 10.7 Å². The summed E-state index contributed by atoms with van der Waals surface area (Å²) in [7, 11) is 1.55. The number of rotatable bonds is 2. The van der Waals surface area contributed by atoms with Crippen molar-refractivity contribution >= 4 is 29.0 Å². The number of aromatic nitrogens is 2. The molecule has 0 aliphatic heterocycles. The molecule has 1 heterocycles. The number of aromatic amines is 1. The van der Waals surface area contributed by atoms with Crippen LogP contribution in [0.4, 0.5) is 0 Å². The number of hydrogen-bond donors (Lipinski definition) is 1. The fourth-order valence-corrected chi connectivity index (χ4v) is 2.26. The van der Waals surface area contributed by atoms with Crippen LogP contribution in [0.5, 0.6) is 0 Å². The van der Waals surface area contributed by atoms with E-state index in [0.717, 1.165) is 0 Å². The van der Waals surface area contributed by atoms with Crippen LogP contribution in [0.25, 0.3) is 0 Å². The topological polar surface area (TPSA) is 54.9 Å². The maximum atomic E-state index is 12.3. The molecular formula is C12H10Cl2N2NaO2+. The summed E-state index contributed by atoms with van der Waals surface area (Å²) < 4.78 is 1.26. The summed E-state index contributed by atoms with van der Waals surface area (Å²) >= 11 is 11.7. The Hall–Kier alpha value is -0.520. The zero-order valence-electron chi connectivity index (χ0n) is 10.8. The summed E-state index contributed by atoms with van der Waals surface area (Å²) in [6, 6.07) is 4.55. The molecule has 2 aromatic rings. The molecule has 1 aromatic heterocycles. The molecule has 0 saturated heterocycles. The van der Waals surface area contributed by atoms with Gasteiger partial charge in [0, 0.05) is 23.3 Å². The molecule has 0 amide bonds. The predicted octanol–water partition coefficient (Wildman–Crippen LogP) is -0.436. The number of carbonyl (C=O) groups is 1. The molecule has 0 spiro atoms. The Morgan fingerprint density at radius 1 is 1.32 bits per heavy atom. The Labute approximate surface area is 142 Å². The Bertz CT molecular complexity index is 692. The minimum absolute atomic E-state index is 0. The summed E-state index contributed by atoms with van der Waals surface area (Å²) in [6.07, 6.45) is 0. The molecule has 94 valence electrons. The SMILES string of the molecule is Cc1[nH]n(C)c(=O)c1C(=O)c1ccc(Cl)cc1Cl.[Na+]. The smallest absolute Gasteiger partial charge is 0.299 e.